The molecule has 0 radical (unpaired) electrons. The highest BCUT2D eigenvalue weighted by Gasteiger charge is 2.14. The number of nitrogens with two attached hydrogens (primary N) is 1. The lowest BCUT2D eigenvalue weighted by molar-refractivity contribution is 0.262. The molecule has 0 aliphatic rings. The molecule has 0 saturated heterocycles. The second-order valence-electron chi connectivity index (χ2n) is 7.28. The molecular weight excluding hydrogens is 506 g/mol. The summed E-state index contributed by atoms with van der Waals surface area (Å²) in [5.41, 5.74) is 7.94. The minimum atomic E-state index is -0.415. The summed E-state index contributed by atoms with van der Waals surface area (Å²) < 4.78 is 8.27. The Labute approximate surface area is 206 Å². The van der Waals surface area contributed by atoms with Crippen molar-refractivity contribution >= 4 is 62.1 Å². The van der Waals surface area contributed by atoms with Gasteiger partial charge in [0.1, 0.15) is 11.6 Å². The number of aryl methyl sites for hydroxylation is 1. The Kier molecular flexibility index (Phi) is 8.79. The molecule has 2 amide bonds. The van der Waals surface area contributed by atoms with Gasteiger partial charge in [-0.05, 0) is 61.7 Å². The maximum absolute atomic E-state index is 12.7. The minimum absolute atomic E-state index is 0.415. The molecule has 7 nitrogen and oxygen atoms in total. The molecule has 0 bridgehead atoms. The van der Waals surface area contributed by atoms with Crippen LogP contribution >= 0.6 is 27.5 Å². The average molecular weight is 533 g/mol. The van der Waals surface area contributed by atoms with Gasteiger partial charge in [0.2, 0.25) is 0 Å². The number of amides is 2. The highest BCUT2D eigenvalue weighted by atomic mass is 79.9. The second-order valence-corrected chi connectivity index (χ2v) is 8.60. The van der Waals surface area contributed by atoms with Gasteiger partial charge in [-0.15, -0.1) is 0 Å². The summed E-state index contributed by atoms with van der Waals surface area (Å²) in [6.45, 7) is 2.82. The minimum Gasteiger partial charge on any atom is -0.495 e. The molecule has 33 heavy (non-hydrogen) atoms. The highest BCUT2D eigenvalue weighted by molar-refractivity contribution is 9.10. The van der Waals surface area contributed by atoms with E-state index in [1.165, 1.54) is 0 Å². The number of urea groups is 1. The van der Waals surface area contributed by atoms with Gasteiger partial charge in [-0.1, -0.05) is 34.5 Å². The third-order valence-corrected chi connectivity index (χ3v) is 5.74. The van der Waals surface area contributed by atoms with E-state index in [4.69, 9.17) is 22.1 Å². The molecule has 4 N–H and O–H groups in total. The van der Waals surface area contributed by atoms with E-state index >= 15 is 0 Å². The zero-order valence-corrected chi connectivity index (χ0v) is 20.9. The van der Waals surface area contributed by atoms with Crippen molar-refractivity contribution in [2.75, 3.05) is 17.7 Å². The number of allylic oxidation sites excluding steroid dienone is 1. The molecule has 3 rings (SSSR count). The Morgan fingerprint density at radius 3 is 2.85 bits per heavy atom. The SMILES string of the molecule is CC/C=N\C(N)=C/CCCn1ccc2c(NC(=O)Nc3cc(Br)ccc3OC)c(Cl)ccc21. The van der Waals surface area contributed by atoms with Crippen molar-refractivity contribution in [2.24, 2.45) is 10.7 Å². The Morgan fingerprint density at radius 2 is 2.09 bits per heavy atom. The standard InChI is InChI=1S/C24H27BrClN5O2/c1-3-12-28-22(27)6-4-5-13-31-14-11-17-20(31)9-8-18(26)23(17)30-24(32)29-19-15-16(25)7-10-21(19)33-2/h6-12,14-15H,3-5,13,27H2,1-2H3,(H2,29,30,32)/b22-6-,28-12-. The lowest BCUT2D eigenvalue weighted by Gasteiger charge is -2.13. The molecule has 174 valence electrons. The van der Waals surface area contributed by atoms with Gasteiger partial charge in [-0.3, -0.25) is 0 Å². The van der Waals surface area contributed by atoms with Crippen molar-refractivity contribution in [2.45, 2.75) is 32.7 Å². The van der Waals surface area contributed by atoms with Crippen molar-refractivity contribution in [3.63, 3.8) is 0 Å². The third-order valence-electron chi connectivity index (χ3n) is 4.93. The number of ether oxygens (including phenoxy) is 1. The lowest BCUT2D eigenvalue weighted by Crippen LogP contribution is -2.20. The largest absolute Gasteiger partial charge is 0.495 e. The number of anilines is 2. The van der Waals surface area contributed by atoms with Crippen molar-refractivity contribution in [1.82, 2.24) is 4.57 Å². The summed E-state index contributed by atoms with van der Waals surface area (Å²) in [6.07, 6.45) is 8.30. The van der Waals surface area contributed by atoms with Gasteiger partial charge in [-0.25, -0.2) is 9.79 Å². The quantitative estimate of drug-likeness (QED) is 0.210. The number of nitrogens with one attached hydrogen (secondary N) is 2. The fraction of sp³-hybridized carbons (Fsp3) is 0.250. The molecule has 0 atom stereocenters. The Hall–Kier alpha value is -2.97. The molecule has 0 saturated carbocycles. The Balaban J connectivity index is 1.72. The van der Waals surface area contributed by atoms with E-state index in [-0.39, 0.29) is 0 Å². The van der Waals surface area contributed by atoms with Crippen LogP contribution in [-0.2, 0) is 6.54 Å². The van der Waals surface area contributed by atoms with Crippen LogP contribution in [0.15, 0.2) is 64.0 Å². The summed E-state index contributed by atoms with van der Waals surface area (Å²) in [6, 6.07) is 10.7. The molecule has 0 fully saturated rings. The molecule has 0 aliphatic carbocycles. The van der Waals surface area contributed by atoms with E-state index in [2.05, 4.69) is 36.1 Å². The van der Waals surface area contributed by atoms with Gasteiger partial charge in [0.05, 0.1) is 29.0 Å². The molecule has 3 aromatic rings. The number of unbranched alkanes of at least 4 members (excludes halogenated alkanes) is 1. The Morgan fingerprint density at radius 1 is 1.27 bits per heavy atom. The van der Waals surface area contributed by atoms with Crippen LogP contribution in [0.2, 0.25) is 5.02 Å². The van der Waals surface area contributed by atoms with E-state index in [1.807, 2.05) is 37.4 Å². The van der Waals surface area contributed by atoms with Crippen LogP contribution < -0.4 is 21.1 Å². The van der Waals surface area contributed by atoms with Crippen molar-refractivity contribution in [1.29, 1.82) is 0 Å². The molecule has 9 heteroatoms. The van der Waals surface area contributed by atoms with Gasteiger partial charge in [0.25, 0.3) is 0 Å². The van der Waals surface area contributed by atoms with Gasteiger partial charge >= 0.3 is 6.03 Å². The average Bonchev–Trinajstić information content (AvgIpc) is 3.20. The van der Waals surface area contributed by atoms with Gasteiger partial charge in [0, 0.05) is 28.8 Å². The molecule has 0 aliphatic heterocycles. The van der Waals surface area contributed by atoms with Gasteiger partial charge in [-0.2, -0.15) is 0 Å². The lowest BCUT2D eigenvalue weighted by atomic mass is 10.2. The second kappa shape index (κ2) is 11.8. The topological polar surface area (TPSA) is 93.7 Å². The normalized spacial score (nSPS) is 11.8. The number of hydrogen-bond acceptors (Lipinski definition) is 4. The summed E-state index contributed by atoms with van der Waals surface area (Å²) in [5.74, 6) is 1.10. The first-order valence-electron chi connectivity index (χ1n) is 10.6. The predicted octanol–water partition coefficient (Wildman–Crippen LogP) is 6.77. The molecule has 2 aromatic carbocycles. The summed E-state index contributed by atoms with van der Waals surface area (Å²) >= 11 is 9.83. The zero-order valence-electron chi connectivity index (χ0n) is 18.6. The van der Waals surface area contributed by atoms with Crippen molar-refractivity contribution in [3.05, 3.63) is 64.0 Å². The van der Waals surface area contributed by atoms with Crippen molar-refractivity contribution < 1.29 is 9.53 Å². The number of carbonyl (C=O) groups is 1. The highest BCUT2D eigenvalue weighted by Crippen LogP contribution is 2.33. The van der Waals surface area contributed by atoms with Crippen LogP contribution in [-0.4, -0.2) is 23.9 Å². The fourth-order valence-corrected chi connectivity index (χ4v) is 3.95. The maximum Gasteiger partial charge on any atom is 0.323 e. The first-order chi connectivity index (χ1) is 15.9. The van der Waals surface area contributed by atoms with E-state index in [1.54, 1.807) is 31.5 Å². The van der Waals surface area contributed by atoms with Crippen LogP contribution in [0.4, 0.5) is 16.2 Å². The van der Waals surface area contributed by atoms with Crippen LogP contribution in [0.25, 0.3) is 10.9 Å². The number of fused-ring (bicyclic) bond motifs is 1. The number of halogens is 2. The number of aromatic nitrogens is 1. The molecule has 1 aromatic heterocycles. The Bertz CT molecular complexity index is 1190. The molecular formula is C24H27BrClN5O2. The first-order valence-corrected chi connectivity index (χ1v) is 11.8. The number of nitrogens with zero attached hydrogens (tertiary/aromatic N) is 2. The smallest absolute Gasteiger partial charge is 0.323 e. The summed E-state index contributed by atoms with van der Waals surface area (Å²) in [5, 5.41) is 7.02. The number of aliphatic imine (C=N–C) groups is 1. The first kappa shape index (κ1) is 24.7. The van der Waals surface area contributed by atoms with Crippen LogP contribution in [0.5, 0.6) is 5.75 Å². The monoisotopic (exact) mass is 531 g/mol. The zero-order chi connectivity index (χ0) is 23.8. The predicted molar refractivity (Wildman–Crippen MR) is 141 cm³/mol. The number of hydrogen-bond donors (Lipinski definition) is 3. The number of carbonyl (C=O) groups excluding carboxylic acids is 1. The van der Waals surface area contributed by atoms with Crippen molar-refractivity contribution in [3.8, 4) is 5.75 Å². The third kappa shape index (κ3) is 6.52. The van der Waals surface area contributed by atoms with E-state index in [9.17, 15) is 4.79 Å². The molecule has 0 unspecified atom stereocenters. The van der Waals surface area contributed by atoms with E-state index < -0.39 is 6.03 Å². The van der Waals surface area contributed by atoms with Crippen LogP contribution in [0.3, 0.4) is 0 Å². The molecule has 0 spiro atoms. The van der Waals surface area contributed by atoms with E-state index in [0.29, 0.717) is 28.0 Å². The summed E-state index contributed by atoms with van der Waals surface area (Å²) in [7, 11) is 1.55. The van der Waals surface area contributed by atoms with Gasteiger partial charge in [0.15, 0.2) is 0 Å². The number of methoxy groups -OCH3 is 1. The number of benzene rings is 2. The van der Waals surface area contributed by atoms with Crippen LogP contribution in [0.1, 0.15) is 26.2 Å². The maximum atomic E-state index is 12.7. The fourth-order valence-electron chi connectivity index (χ4n) is 3.37. The van der Waals surface area contributed by atoms with Crippen LogP contribution in [0, 0.1) is 0 Å². The van der Waals surface area contributed by atoms with Gasteiger partial charge < -0.3 is 25.7 Å². The number of rotatable bonds is 9. The summed E-state index contributed by atoms with van der Waals surface area (Å²) in [4.78, 5) is 16.9. The molecule has 1 heterocycles. The van der Waals surface area contributed by atoms with E-state index in [0.717, 1.165) is 41.2 Å².